The van der Waals surface area contributed by atoms with E-state index in [1.165, 1.54) is 30.6 Å². The monoisotopic (exact) mass is 308 g/mol. The van der Waals surface area contributed by atoms with Crippen LogP contribution in [0.4, 0.5) is 18.9 Å². The van der Waals surface area contributed by atoms with Crippen molar-refractivity contribution < 1.29 is 22.7 Å². The molecule has 1 amide bonds. The van der Waals surface area contributed by atoms with Crippen molar-refractivity contribution in [2.24, 2.45) is 0 Å². The third-order valence-electron chi connectivity index (χ3n) is 2.56. The first kappa shape index (κ1) is 15.6. The Hall–Kier alpha value is -2.83. The van der Waals surface area contributed by atoms with Crippen molar-refractivity contribution in [2.45, 2.75) is 6.18 Å². The number of nitrogens with one attached hydrogen (secondary N) is 1. The molecule has 22 heavy (non-hydrogen) atoms. The Kier molecular flexibility index (Phi) is 4.45. The predicted octanol–water partition coefficient (Wildman–Crippen LogP) is 4.02. The van der Waals surface area contributed by atoms with Crippen LogP contribution in [0.25, 0.3) is 0 Å². The summed E-state index contributed by atoms with van der Waals surface area (Å²) in [6, 6.07) is 5.91. The Morgan fingerprint density at radius 1 is 1.23 bits per heavy atom. The van der Waals surface area contributed by atoms with Crippen LogP contribution in [0.2, 0.25) is 0 Å². The molecule has 0 aliphatic rings. The molecule has 2 aromatic rings. The first-order valence-corrected chi connectivity index (χ1v) is 6.12. The number of alkyl halides is 3. The second-order valence-corrected chi connectivity index (χ2v) is 4.23. The van der Waals surface area contributed by atoms with E-state index >= 15 is 0 Å². The highest BCUT2D eigenvalue weighted by atomic mass is 19.4. The molecule has 7 heteroatoms. The van der Waals surface area contributed by atoms with E-state index in [0.29, 0.717) is 5.69 Å². The minimum atomic E-state index is -4.45. The standard InChI is InChI=1S/C15H11F3N2O2/c1-2-14(21)20-11-7-13(9-19-8-11)22-12-5-3-4-10(6-12)15(16,17)18/h2-9H,1H2,(H,20,21). The second-order valence-electron chi connectivity index (χ2n) is 4.23. The van der Waals surface area contributed by atoms with Gasteiger partial charge in [-0.25, -0.2) is 0 Å². The SMILES string of the molecule is C=CC(=O)Nc1cncc(Oc2cccc(C(F)(F)F)c2)c1. The van der Waals surface area contributed by atoms with Gasteiger partial charge in [0.15, 0.2) is 0 Å². The van der Waals surface area contributed by atoms with E-state index in [1.807, 2.05) is 0 Å². The molecule has 0 fully saturated rings. The lowest BCUT2D eigenvalue weighted by atomic mass is 10.2. The summed E-state index contributed by atoms with van der Waals surface area (Å²) >= 11 is 0. The van der Waals surface area contributed by atoms with Gasteiger partial charge in [0.1, 0.15) is 11.5 Å². The van der Waals surface area contributed by atoms with Crippen LogP contribution < -0.4 is 10.1 Å². The van der Waals surface area contributed by atoms with Gasteiger partial charge in [0.2, 0.25) is 5.91 Å². The fourth-order valence-electron chi connectivity index (χ4n) is 1.61. The fraction of sp³-hybridized carbons (Fsp3) is 0.0667. The normalized spacial score (nSPS) is 10.9. The number of amides is 1. The number of benzene rings is 1. The lowest BCUT2D eigenvalue weighted by Gasteiger charge is -2.10. The molecule has 114 valence electrons. The van der Waals surface area contributed by atoms with Gasteiger partial charge < -0.3 is 10.1 Å². The Balaban J connectivity index is 2.19. The van der Waals surface area contributed by atoms with Gasteiger partial charge in [0, 0.05) is 6.07 Å². The van der Waals surface area contributed by atoms with Crippen molar-refractivity contribution >= 4 is 11.6 Å². The van der Waals surface area contributed by atoms with Crippen molar-refractivity contribution in [1.82, 2.24) is 4.98 Å². The minimum Gasteiger partial charge on any atom is -0.456 e. The zero-order valence-electron chi connectivity index (χ0n) is 11.2. The van der Waals surface area contributed by atoms with Crippen molar-refractivity contribution in [3.05, 3.63) is 60.9 Å². The summed E-state index contributed by atoms with van der Waals surface area (Å²) in [5.74, 6) is -0.219. The number of aromatic nitrogens is 1. The molecule has 0 bridgehead atoms. The molecular formula is C15H11F3N2O2. The van der Waals surface area contributed by atoms with Crippen LogP contribution in [-0.4, -0.2) is 10.9 Å². The second kappa shape index (κ2) is 6.30. The highest BCUT2D eigenvalue weighted by molar-refractivity contribution is 5.98. The number of carbonyl (C=O) groups is 1. The molecule has 0 saturated heterocycles. The zero-order chi connectivity index (χ0) is 16.2. The topological polar surface area (TPSA) is 51.2 Å². The first-order valence-electron chi connectivity index (χ1n) is 6.12. The van der Waals surface area contributed by atoms with Crippen LogP contribution in [0.3, 0.4) is 0 Å². The molecule has 0 radical (unpaired) electrons. The number of halogens is 3. The molecule has 0 saturated carbocycles. The summed E-state index contributed by atoms with van der Waals surface area (Å²) in [5.41, 5.74) is -0.469. The Labute approximate surface area is 124 Å². The first-order chi connectivity index (χ1) is 10.4. The smallest absolute Gasteiger partial charge is 0.416 e. The summed E-state index contributed by atoms with van der Waals surface area (Å²) in [4.78, 5) is 15.0. The maximum Gasteiger partial charge on any atom is 0.416 e. The Bertz CT molecular complexity index is 699. The molecule has 4 nitrogen and oxygen atoms in total. The van der Waals surface area contributed by atoms with Gasteiger partial charge in [-0.1, -0.05) is 12.6 Å². The van der Waals surface area contributed by atoms with E-state index in [-0.39, 0.29) is 11.5 Å². The van der Waals surface area contributed by atoms with Crippen molar-refractivity contribution in [3.63, 3.8) is 0 Å². The molecule has 0 unspecified atom stereocenters. The average molecular weight is 308 g/mol. The number of ether oxygens (including phenoxy) is 1. The van der Waals surface area contributed by atoms with Gasteiger partial charge in [-0.05, 0) is 24.3 Å². The number of carbonyl (C=O) groups excluding carboxylic acids is 1. The van der Waals surface area contributed by atoms with Gasteiger partial charge in [0.25, 0.3) is 0 Å². The van der Waals surface area contributed by atoms with Crippen LogP contribution in [0.1, 0.15) is 5.56 Å². The summed E-state index contributed by atoms with van der Waals surface area (Å²) < 4.78 is 43.2. The van der Waals surface area contributed by atoms with Gasteiger partial charge in [0.05, 0.1) is 23.6 Å². The number of hydrogen-bond donors (Lipinski definition) is 1. The number of hydrogen-bond acceptors (Lipinski definition) is 3. The van der Waals surface area contributed by atoms with E-state index in [0.717, 1.165) is 18.2 Å². The summed E-state index contributed by atoms with van der Waals surface area (Å²) in [7, 11) is 0. The van der Waals surface area contributed by atoms with E-state index in [2.05, 4.69) is 16.9 Å². The van der Waals surface area contributed by atoms with E-state index in [9.17, 15) is 18.0 Å². The number of pyridine rings is 1. The molecule has 1 N–H and O–H groups in total. The number of anilines is 1. The highest BCUT2D eigenvalue weighted by Crippen LogP contribution is 2.32. The molecule has 0 spiro atoms. The summed E-state index contributed by atoms with van der Waals surface area (Å²) in [5, 5.41) is 2.47. The van der Waals surface area contributed by atoms with Crippen molar-refractivity contribution in [1.29, 1.82) is 0 Å². The van der Waals surface area contributed by atoms with Crippen LogP contribution in [0, 0.1) is 0 Å². The van der Waals surface area contributed by atoms with E-state index < -0.39 is 17.6 Å². The van der Waals surface area contributed by atoms with Crippen LogP contribution in [0.5, 0.6) is 11.5 Å². The quantitative estimate of drug-likeness (QED) is 0.868. The lowest BCUT2D eigenvalue weighted by Crippen LogP contribution is -2.07. The summed E-state index contributed by atoms with van der Waals surface area (Å²) in [6.45, 7) is 3.31. The molecule has 0 aliphatic heterocycles. The largest absolute Gasteiger partial charge is 0.456 e. The van der Waals surface area contributed by atoms with E-state index in [4.69, 9.17) is 4.74 Å². The van der Waals surface area contributed by atoms with Crippen LogP contribution in [0.15, 0.2) is 55.4 Å². The maximum atomic E-state index is 12.6. The maximum absolute atomic E-state index is 12.6. The highest BCUT2D eigenvalue weighted by Gasteiger charge is 2.30. The van der Waals surface area contributed by atoms with Crippen molar-refractivity contribution in [3.8, 4) is 11.5 Å². The molecule has 0 atom stereocenters. The number of rotatable bonds is 4. The molecule has 0 aliphatic carbocycles. The van der Waals surface area contributed by atoms with Gasteiger partial charge >= 0.3 is 6.18 Å². The minimum absolute atomic E-state index is 0.0174. The third kappa shape index (κ3) is 4.08. The average Bonchev–Trinajstić information content (AvgIpc) is 2.47. The van der Waals surface area contributed by atoms with Crippen LogP contribution >= 0.6 is 0 Å². The van der Waals surface area contributed by atoms with Gasteiger partial charge in [-0.2, -0.15) is 13.2 Å². The van der Waals surface area contributed by atoms with Gasteiger partial charge in [-0.3, -0.25) is 9.78 Å². The number of nitrogens with zero attached hydrogens (tertiary/aromatic N) is 1. The van der Waals surface area contributed by atoms with Gasteiger partial charge in [-0.15, -0.1) is 0 Å². The molecule has 2 rings (SSSR count). The Morgan fingerprint density at radius 2 is 2.00 bits per heavy atom. The third-order valence-corrected chi connectivity index (χ3v) is 2.56. The molecule has 1 aromatic heterocycles. The zero-order valence-corrected chi connectivity index (χ0v) is 11.2. The summed E-state index contributed by atoms with van der Waals surface area (Å²) in [6.07, 6.45) is -0.665. The van der Waals surface area contributed by atoms with Crippen LogP contribution in [-0.2, 0) is 11.0 Å². The molecule has 1 aromatic carbocycles. The molecule has 1 heterocycles. The Morgan fingerprint density at radius 3 is 2.68 bits per heavy atom. The fourth-order valence-corrected chi connectivity index (χ4v) is 1.61. The van der Waals surface area contributed by atoms with E-state index in [1.54, 1.807) is 0 Å². The molecular weight excluding hydrogens is 297 g/mol. The predicted molar refractivity (Wildman–Crippen MR) is 74.6 cm³/mol. The lowest BCUT2D eigenvalue weighted by molar-refractivity contribution is -0.137. The van der Waals surface area contributed by atoms with Crippen molar-refractivity contribution in [2.75, 3.05) is 5.32 Å².